The minimum atomic E-state index is -3.04. The molecule has 14 heavy (non-hydrogen) atoms. The molecule has 0 amide bonds. The van der Waals surface area contributed by atoms with Gasteiger partial charge in [0.15, 0.2) is 0 Å². The Morgan fingerprint density at radius 2 is 2.00 bits per heavy atom. The van der Waals surface area contributed by atoms with E-state index in [1.807, 2.05) is 13.8 Å². The van der Waals surface area contributed by atoms with Crippen molar-refractivity contribution in [1.82, 2.24) is 4.72 Å². The van der Waals surface area contributed by atoms with Crippen molar-refractivity contribution in [2.75, 3.05) is 12.3 Å². The molecule has 0 rings (SSSR count). The van der Waals surface area contributed by atoms with E-state index in [1.54, 1.807) is 0 Å². The molecule has 0 radical (unpaired) electrons. The normalized spacial score (nSPS) is 13.4. The largest absolute Gasteiger partial charge is 0.328 e. The molecule has 0 aromatic heterocycles. The van der Waals surface area contributed by atoms with Gasteiger partial charge in [0, 0.05) is 12.6 Å². The standard InChI is InChI=1S/C8H20N2O2S.ClH/c1-3-4-7-13(11,12)10-6-5-8(2)9;/h8,10H,3-7,9H2,1-2H3;1H. The first-order chi connectivity index (χ1) is 5.98. The Morgan fingerprint density at radius 3 is 2.43 bits per heavy atom. The van der Waals surface area contributed by atoms with Gasteiger partial charge in [0.05, 0.1) is 5.75 Å². The molecule has 0 fully saturated rings. The van der Waals surface area contributed by atoms with Gasteiger partial charge in [-0.3, -0.25) is 0 Å². The van der Waals surface area contributed by atoms with Crippen molar-refractivity contribution in [2.24, 2.45) is 5.73 Å². The molecule has 0 bridgehead atoms. The Bertz CT molecular complexity index is 217. The second-order valence-electron chi connectivity index (χ2n) is 3.33. The summed E-state index contributed by atoms with van der Waals surface area (Å²) in [6.45, 7) is 4.28. The maximum atomic E-state index is 11.2. The molecule has 1 atom stereocenters. The molecule has 0 saturated carbocycles. The average Bonchev–Trinajstić information content (AvgIpc) is 2.00. The highest BCUT2D eigenvalue weighted by molar-refractivity contribution is 7.89. The molecule has 1 unspecified atom stereocenters. The van der Waals surface area contributed by atoms with Crippen molar-refractivity contribution in [3.8, 4) is 0 Å². The van der Waals surface area contributed by atoms with Crippen molar-refractivity contribution in [3.05, 3.63) is 0 Å². The number of hydrogen-bond donors (Lipinski definition) is 2. The van der Waals surface area contributed by atoms with Gasteiger partial charge < -0.3 is 5.73 Å². The summed E-state index contributed by atoms with van der Waals surface area (Å²) in [6, 6.07) is 0.0499. The molecule has 4 nitrogen and oxygen atoms in total. The van der Waals surface area contributed by atoms with Crippen LogP contribution >= 0.6 is 12.4 Å². The topological polar surface area (TPSA) is 72.2 Å². The van der Waals surface area contributed by atoms with Gasteiger partial charge >= 0.3 is 0 Å². The quantitative estimate of drug-likeness (QED) is 0.698. The van der Waals surface area contributed by atoms with Crippen LogP contribution in [0.1, 0.15) is 33.1 Å². The molecule has 0 aliphatic rings. The number of sulfonamides is 1. The second kappa shape index (κ2) is 8.47. The van der Waals surface area contributed by atoms with Gasteiger partial charge in [-0.1, -0.05) is 13.3 Å². The molecule has 88 valence electrons. The van der Waals surface area contributed by atoms with Crippen molar-refractivity contribution in [3.63, 3.8) is 0 Å². The minimum absolute atomic E-state index is 0. The van der Waals surface area contributed by atoms with E-state index in [0.717, 1.165) is 6.42 Å². The SMILES string of the molecule is CCCCS(=O)(=O)NCCC(C)N.Cl. The summed E-state index contributed by atoms with van der Waals surface area (Å²) >= 11 is 0. The van der Waals surface area contributed by atoms with Crippen molar-refractivity contribution < 1.29 is 8.42 Å². The van der Waals surface area contributed by atoms with Crippen molar-refractivity contribution >= 4 is 22.4 Å². The highest BCUT2D eigenvalue weighted by atomic mass is 35.5. The fraction of sp³-hybridized carbons (Fsp3) is 1.00. The van der Waals surface area contributed by atoms with E-state index in [2.05, 4.69) is 4.72 Å². The summed E-state index contributed by atoms with van der Waals surface area (Å²) in [5, 5.41) is 0. The lowest BCUT2D eigenvalue weighted by Gasteiger charge is -2.07. The molecule has 0 aromatic carbocycles. The van der Waals surface area contributed by atoms with Crippen molar-refractivity contribution in [2.45, 2.75) is 39.2 Å². The molecule has 0 aliphatic carbocycles. The smallest absolute Gasteiger partial charge is 0.211 e. The number of nitrogens with one attached hydrogen (secondary N) is 1. The van der Waals surface area contributed by atoms with Crippen LogP contribution in [0.2, 0.25) is 0 Å². The lowest BCUT2D eigenvalue weighted by atomic mass is 10.3. The zero-order valence-electron chi connectivity index (χ0n) is 8.82. The van der Waals surface area contributed by atoms with Gasteiger partial charge in [0.2, 0.25) is 10.0 Å². The van der Waals surface area contributed by atoms with Crippen LogP contribution in [-0.4, -0.2) is 26.8 Å². The summed E-state index contributed by atoms with van der Waals surface area (Å²) in [5.41, 5.74) is 5.49. The lowest BCUT2D eigenvalue weighted by molar-refractivity contribution is 0.569. The second-order valence-corrected chi connectivity index (χ2v) is 5.26. The predicted octanol–water partition coefficient (Wildman–Crippen LogP) is 0.865. The van der Waals surface area contributed by atoms with E-state index in [1.165, 1.54) is 0 Å². The van der Waals surface area contributed by atoms with E-state index in [0.29, 0.717) is 19.4 Å². The van der Waals surface area contributed by atoms with E-state index < -0.39 is 10.0 Å². The molecular formula is C8H21ClN2O2S. The lowest BCUT2D eigenvalue weighted by Crippen LogP contribution is -2.30. The van der Waals surface area contributed by atoms with Crippen LogP contribution in [0.5, 0.6) is 0 Å². The number of hydrogen-bond acceptors (Lipinski definition) is 3. The summed E-state index contributed by atoms with van der Waals surface area (Å²) in [7, 11) is -3.04. The summed E-state index contributed by atoms with van der Waals surface area (Å²) in [5.74, 6) is 0.225. The van der Waals surface area contributed by atoms with Crippen LogP contribution in [0.25, 0.3) is 0 Å². The average molecular weight is 245 g/mol. The Labute approximate surface area is 93.1 Å². The number of unbranched alkanes of at least 4 members (excludes halogenated alkanes) is 1. The first-order valence-electron chi connectivity index (χ1n) is 4.71. The maximum Gasteiger partial charge on any atom is 0.211 e. The maximum absolute atomic E-state index is 11.2. The van der Waals surface area contributed by atoms with Gasteiger partial charge in [0.25, 0.3) is 0 Å². The molecule has 0 aromatic rings. The first kappa shape index (κ1) is 16.6. The Balaban J connectivity index is 0. The molecule has 0 aliphatic heterocycles. The summed E-state index contributed by atoms with van der Waals surface area (Å²) in [6.07, 6.45) is 2.30. The van der Waals surface area contributed by atoms with Gasteiger partial charge in [-0.15, -0.1) is 12.4 Å². The molecule has 0 heterocycles. The number of halogens is 1. The molecule has 0 saturated heterocycles. The Morgan fingerprint density at radius 1 is 1.43 bits per heavy atom. The van der Waals surface area contributed by atoms with Crippen LogP contribution in [0.4, 0.5) is 0 Å². The third-order valence-corrected chi connectivity index (χ3v) is 3.16. The third kappa shape index (κ3) is 10.2. The van der Waals surface area contributed by atoms with Crippen LogP contribution in [0.3, 0.4) is 0 Å². The van der Waals surface area contributed by atoms with Crippen LogP contribution in [0, 0.1) is 0 Å². The fourth-order valence-electron chi connectivity index (χ4n) is 0.849. The molecular weight excluding hydrogens is 224 g/mol. The zero-order chi connectivity index (χ0) is 10.3. The molecule has 3 N–H and O–H groups in total. The minimum Gasteiger partial charge on any atom is -0.328 e. The van der Waals surface area contributed by atoms with E-state index >= 15 is 0 Å². The highest BCUT2D eigenvalue weighted by Gasteiger charge is 2.08. The van der Waals surface area contributed by atoms with E-state index in [-0.39, 0.29) is 24.2 Å². The summed E-state index contributed by atoms with van der Waals surface area (Å²) in [4.78, 5) is 0. The van der Waals surface area contributed by atoms with Crippen molar-refractivity contribution in [1.29, 1.82) is 0 Å². The third-order valence-electron chi connectivity index (χ3n) is 1.69. The molecule has 0 spiro atoms. The van der Waals surface area contributed by atoms with Crippen LogP contribution in [0.15, 0.2) is 0 Å². The fourth-order valence-corrected chi connectivity index (χ4v) is 2.09. The Kier molecular flexibility index (Phi) is 10.0. The van der Waals surface area contributed by atoms with E-state index in [4.69, 9.17) is 5.73 Å². The monoisotopic (exact) mass is 244 g/mol. The van der Waals surface area contributed by atoms with E-state index in [9.17, 15) is 8.42 Å². The summed E-state index contributed by atoms with van der Waals surface area (Å²) < 4.78 is 25.0. The van der Waals surface area contributed by atoms with Gasteiger partial charge in [-0.2, -0.15) is 0 Å². The number of nitrogens with two attached hydrogens (primary N) is 1. The van der Waals surface area contributed by atoms with Gasteiger partial charge in [0.1, 0.15) is 0 Å². The van der Waals surface area contributed by atoms with Gasteiger partial charge in [-0.05, 0) is 19.8 Å². The van der Waals surface area contributed by atoms with Gasteiger partial charge in [-0.25, -0.2) is 13.1 Å². The van der Waals surface area contributed by atoms with Crippen LogP contribution < -0.4 is 10.5 Å². The van der Waals surface area contributed by atoms with Crippen LogP contribution in [-0.2, 0) is 10.0 Å². The number of rotatable bonds is 7. The molecule has 6 heteroatoms. The zero-order valence-corrected chi connectivity index (χ0v) is 10.5. The predicted molar refractivity (Wildman–Crippen MR) is 62.2 cm³/mol. The highest BCUT2D eigenvalue weighted by Crippen LogP contribution is 1.94. The first-order valence-corrected chi connectivity index (χ1v) is 6.36. The Hall–Kier alpha value is 0.160.